The van der Waals surface area contributed by atoms with Crippen molar-refractivity contribution in [3.63, 3.8) is 0 Å². The van der Waals surface area contributed by atoms with Gasteiger partial charge < -0.3 is 0 Å². The Morgan fingerprint density at radius 3 is 2.53 bits per heavy atom. The SMILES string of the molecule is Cc1ccccc1N1C(=O)CCC1C(F)(F)F. The smallest absolute Gasteiger partial charge is 0.300 e. The fraction of sp³-hybridized carbons (Fsp3) is 0.417. The Morgan fingerprint density at radius 1 is 1.29 bits per heavy atom. The molecule has 1 saturated heterocycles. The van der Waals surface area contributed by atoms with Crippen LogP contribution in [0.3, 0.4) is 0 Å². The zero-order valence-corrected chi connectivity index (χ0v) is 9.29. The van der Waals surface area contributed by atoms with Crippen LogP contribution in [0.2, 0.25) is 0 Å². The summed E-state index contributed by atoms with van der Waals surface area (Å²) in [5.74, 6) is -0.457. The van der Waals surface area contributed by atoms with Crippen molar-refractivity contribution in [2.75, 3.05) is 4.90 Å². The first-order valence-electron chi connectivity index (χ1n) is 5.35. The zero-order valence-electron chi connectivity index (χ0n) is 9.29. The van der Waals surface area contributed by atoms with Gasteiger partial charge in [0.1, 0.15) is 6.04 Å². The highest BCUT2D eigenvalue weighted by Gasteiger charge is 2.49. The van der Waals surface area contributed by atoms with Gasteiger partial charge in [-0.2, -0.15) is 13.2 Å². The van der Waals surface area contributed by atoms with Gasteiger partial charge in [-0.05, 0) is 25.0 Å². The average molecular weight is 243 g/mol. The Hall–Kier alpha value is -1.52. The third-order valence-corrected chi connectivity index (χ3v) is 2.96. The number of benzene rings is 1. The minimum absolute atomic E-state index is 0.0431. The maximum Gasteiger partial charge on any atom is 0.409 e. The van der Waals surface area contributed by atoms with Crippen molar-refractivity contribution in [2.45, 2.75) is 32.0 Å². The molecule has 1 unspecified atom stereocenters. The molecule has 1 heterocycles. The molecule has 1 aliphatic heterocycles. The van der Waals surface area contributed by atoms with Crippen molar-refractivity contribution in [3.05, 3.63) is 29.8 Å². The number of amides is 1. The van der Waals surface area contributed by atoms with Crippen molar-refractivity contribution >= 4 is 11.6 Å². The molecule has 0 N–H and O–H groups in total. The summed E-state index contributed by atoms with van der Waals surface area (Å²) < 4.78 is 38.4. The van der Waals surface area contributed by atoms with Crippen molar-refractivity contribution in [2.24, 2.45) is 0 Å². The molecule has 1 fully saturated rings. The van der Waals surface area contributed by atoms with Crippen LogP contribution in [-0.4, -0.2) is 18.1 Å². The quantitative estimate of drug-likeness (QED) is 0.742. The predicted molar refractivity (Wildman–Crippen MR) is 57.7 cm³/mol. The average Bonchev–Trinajstić information content (AvgIpc) is 2.60. The summed E-state index contributed by atoms with van der Waals surface area (Å²) in [7, 11) is 0. The van der Waals surface area contributed by atoms with Crippen molar-refractivity contribution in [1.29, 1.82) is 0 Å². The van der Waals surface area contributed by atoms with Crippen LogP contribution in [-0.2, 0) is 4.79 Å². The summed E-state index contributed by atoms with van der Waals surface area (Å²) >= 11 is 0. The van der Waals surface area contributed by atoms with Crippen LogP contribution in [0.1, 0.15) is 18.4 Å². The number of rotatable bonds is 1. The number of aryl methyl sites for hydroxylation is 1. The molecule has 5 heteroatoms. The highest BCUT2D eigenvalue weighted by Crippen LogP contribution is 2.37. The Bertz CT molecular complexity index is 442. The third-order valence-electron chi connectivity index (χ3n) is 2.96. The second kappa shape index (κ2) is 4.05. The van der Waals surface area contributed by atoms with Gasteiger partial charge in [0.2, 0.25) is 5.91 Å². The highest BCUT2D eigenvalue weighted by molar-refractivity contribution is 5.97. The molecule has 17 heavy (non-hydrogen) atoms. The molecule has 1 amide bonds. The van der Waals surface area contributed by atoms with E-state index in [9.17, 15) is 18.0 Å². The summed E-state index contributed by atoms with van der Waals surface area (Å²) in [6.45, 7) is 1.70. The Morgan fingerprint density at radius 2 is 1.94 bits per heavy atom. The summed E-state index contributed by atoms with van der Waals surface area (Å²) in [4.78, 5) is 12.5. The van der Waals surface area contributed by atoms with E-state index in [0.717, 1.165) is 4.90 Å². The van der Waals surface area contributed by atoms with Crippen molar-refractivity contribution in [3.8, 4) is 0 Å². The number of para-hydroxylation sites is 1. The van der Waals surface area contributed by atoms with Crippen LogP contribution >= 0.6 is 0 Å². The maximum atomic E-state index is 12.8. The number of anilines is 1. The van der Waals surface area contributed by atoms with Crippen molar-refractivity contribution < 1.29 is 18.0 Å². The fourth-order valence-electron chi connectivity index (χ4n) is 2.13. The van der Waals surface area contributed by atoms with E-state index >= 15 is 0 Å². The first-order chi connectivity index (χ1) is 7.91. The van der Waals surface area contributed by atoms with E-state index in [2.05, 4.69) is 0 Å². The van der Waals surface area contributed by atoms with Crippen molar-refractivity contribution in [1.82, 2.24) is 0 Å². The van der Waals surface area contributed by atoms with E-state index < -0.39 is 18.1 Å². The van der Waals surface area contributed by atoms with Crippen LogP contribution in [0, 0.1) is 6.92 Å². The Balaban J connectivity index is 2.42. The summed E-state index contributed by atoms with van der Waals surface area (Å²) in [5, 5.41) is 0. The molecule has 92 valence electrons. The number of nitrogens with zero attached hydrogens (tertiary/aromatic N) is 1. The van der Waals surface area contributed by atoms with Gasteiger partial charge in [-0.1, -0.05) is 18.2 Å². The first-order valence-corrected chi connectivity index (χ1v) is 5.35. The highest BCUT2D eigenvalue weighted by atomic mass is 19.4. The van der Waals surface area contributed by atoms with Gasteiger partial charge in [0, 0.05) is 12.1 Å². The van der Waals surface area contributed by atoms with Gasteiger partial charge in [0.15, 0.2) is 0 Å². The van der Waals surface area contributed by atoms with E-state index in [1.165, 1.54) is 0 Å². The lowest BCUT2D eigenvalue weighted by atomic mass is 10.1. The van der Waals surface area contributed by atoms with Crippen LogP contribution in [0.4, 0.5) is 18.9 Å². The van der Waals surface area contributed by atoms with E-state index in [1.807, 2.05) is 0 Å². The third kappa shape index (κ3) is 2.14. The lowest BCUT2D eigenvalue weighted by molar-refractivity contribution is -0.148. The van der Waals surface area contributed by atoms with E-state index in [1.54, 1.807) is 31.2 Å². The van der Waals surface area contributed by atoms with E-state index in [4.69, 9.17) is 0 Å². The number of hydrogen-bond acceptors (Lipinski definition) is 1. The van der Waals surface area contributed by atoms with Gasteiger partial charge in [0.05, 0.1) is 0 Å². The minimum atomic E-state index is -4.37. The molecule has 0 aromatic heterocycles. The van der Waals surface area contributed by atoms with Gasteiger partial charge in [-0.15, -0.1) is 0 Å². The summed E-state index contributed by atoms with van der Waals surface area (Å²) in [6, 6.07) is 4.95. The number of carbonyl (C=O) groups excluding carboxylic acids is 1. The molecule has 0 aliphatic carbocycles. The Labute approximate surface area is 97.0 Å². The van der Waals surface area contributed by atoms with Crippen LogP contribution in [0.15, 0.2) is 24.3 Å². The number of alkyl halides is 3. The van der Waals surface area contributed by atoms with Gasteiger partial charge in [-0.25, -0.2) is 0 Å². The lowest BCUT2D eigenvalue weighted by Gasteiger charge is -2.27. The molecule has 2 nitrogen and oxygen atoms in total. The molecule has 1 atom stereocenters. The van der Waals surface area contributed by atoms with E-state index in [0.29, 0.717) is 11.3 Å². The van der Waals surface area contributed by atoms with Gasteiger partial charge >= 0.3 is 6.18 Å². The Kier molecular flexibility index (Phi) is 2.85. The second-order valence-corrected chi connectivity index (χ2v) is 4.15. The second-order valence-electron chi connectivity index (χ2n) is 4.15. The molecule has 1 aliphatic rings. The minimum Gasteiger partial charge on any atom is -0.300 e. The molecule has 2 rings (SSSR count). The lowest BCUT2D eigenvalue weighted by Crippen LogP contribution is -2.43. The summed E-state index contributed by atoms with van der Waals surface area (Å²) in [5.41, 5.74) is 1.04. The van der Waals surface area contributed by atoms with Gasteiger partial charge in [-0.3, -0.25) is 9.69 Å². The fourth-order valence-corrected chi connectivity index (χ4v) is 2.13. The molecule has 0 bridgehead atoms. The normalized spacial score (nSPS) is 21.1. The molecule has 0 spiro atoms. The topological polar surface area (TPSA) is 20.3 Å². The van der Waals surface area contributed by atoms with Crippen LogP contribution in [0.25, 0.3) is 0 Å². The first kappa shape index (κ1) is 12.0. The number of halogens is 3. The van der Waals surface area contributed by atoms with E-state index in [-0.39, 0.29) is 12.8 Å². The number of hydrogen-bond donors (Lipinski definition) is 0. The number of carbonyl (C=O) groups is 1. The van der Waals surface area contributed by atoms with Gasteiger partial charge in [0.25, 0.3) is 0 Å². The molecular formula is C12H12F3NO. The maximum absolute atomic E-state index is 12.8. The van der Waals surface area contributed by atoms with Crippen LogP contribution < -0.4 is 4.90 Å². The van der Waals surface area contributed by atoms with Crippen LogP contribution in [0.5, 0.6) is 0 Å². The molecule has 1 aromatic rings. The molecule has 1 aromatic carbocycles. The molecular weight excluding hydrogens is 231 g/mol. The summed E-state index contributed by atoms with van der Waals surface area (Å²) in [6.07, 6.45) is -4.57. The zero-order chi connectivity index (χ0) is 12.6. The predicted octanol–water partition coefficient (Wildman–Crippen LogP) is 3.05. The molecule has 0 radical (unpaired) electrons. The largest absolute Gasteiger partial charge is 0.409 e. The standard InChI is InChI=1S/C12H12F3NO/c1-8-4-2-3-5-9(8)16-10(12(13,14)15)6-7-11(16)17/h2-5,10H,6-7H2,1H3. The molecule has 0 saturated carbocycles. The monoisotopic (exact) mass is 243 g/mol.